The summed E-state index contributed by atoms with van der Waals surface area (Å²) in [7, 11) is 0. The van der Waals surface area contributed by atoms with Crippen molar-refractivity contribution >= 4 is 29.8 Å². The molecular formula is C49H72O11. The highest BCUT2D eigenvalue weighted by molar-refractivity contribution is 5.90. The fraction of sp³-hybridized carbons (Fsp3) is 0.735. The topological polar surface area (TPSA) is 152 Å². The largest absolute Gasteiger partial charge is 0.463 e. The Hall–Kier alpha value is -3.73. The normalized spacial score (nSPS) is 35.5. The van der Waals surface area contributed by atoms with Crippen molar-refractivity contribution in [1.82, 2.24) is 0 Å². The molecule has 0 aromatic carbocycles. The lowest BCUT2D eigenvalue weighted by molar-refractivity contribution is -0.217. The zero-order valence-corrected chi connectivity index (χ0v) is 37.5. The highest BCUT2D eigenvalue weighted by Crippen LogP contribution is 2.60. The third kappa shape index (κ3) is 11.0. The van der Waals surface area contributed by atoms with Gasteiger partial charge in [-0.1, -0.05) is 40.2 Å². The van der Waals surface area contributed by atoms with Crippen LogP contribution in [0.3, 0.4) is 0 Å². The van der Waals surface area contributed by atoms with Gasteiger partial charge in [0.2, 0.25) is 6.10 Å². The monoisotopic (exact) mass is 837 g/mol. The van der Waals surface area contributed by atoms with Gasteiger partial charge in [-0.25, -0.2) is 24.0 Å². The summed E-state index contributed by atoms with van der Waals surface area (Å²) < 4.78 is 26.5. The van der Waals surface area contributed by atoms with Crippen LogP contribution in [0, 0.1) is 41.4 Å². The average Bonchev–Trinajstić information content (AvgIpc) is 3.79. The Morgan fingerprint density at radius 1 is 0.667 bits per heavy atom. The van der Waals surface area contributed by atoms with E-state index in [1.807, 2.05) is 0 Å². The van der Waals surface area contributed by atoms with Gasteiger partial charge >= 0.3 is 29.8 Å². The highest BCUT2D eigenvalue weighted by Gasteiger charge is 2.59. The third-order valence-corrected chi connectivity index (χ3v) is 14.7. The van der Waals surface area contributed by atoms with Crippen LogP contribution in [-0.2, 0) is 47.7 Å². The molecule has 9 aliphatic carbocycles. The molecule has 10 rings (SSSR count). The van der Waals surface area contributed by atoms with Crippen LogP contribution in [0.2, 0.25) is 0 Å². The Bertz CT molecular complexity index is 1670. The van der Waals surface area contributed by atoms with Crippen LogP contribution in [0.5, 0.6) is 0 Å². The van der Waals surface area contributed by atoms with E-state index < -0.39 is 29.2 Å². The summed E-state index contributed by atoms with van der Waals surface area (Å²) in [5, 5.41) is 10.5. The number of ether oxygens (including phenoxy) is 5. The molecule has 10 aliphatic rings. The van der Waals surface area contributed by atoms with Crippen LogP contribution >= 0.6 is 0 Å². The first-order valence-corrected chi connectivity index (χ1v) is 22.4. The number of rotatable bonds is 9. The van der Waals surface area contributed by atoms with E-state index in [9.17, 15) is 29.1 Å². The van der Waals surface area contributed by atoms with E-state index in [2.05, 4.69) is 51.8 Å². The summed E-state index contributed by atoms with van der Waals surface area (Å²) in [6.45, 7) is 27.7. The molecule has 0 amide bonds. The number of esters is 5. The molecule has 9 saturated carbocycles. The van der Waals surface area contributed by atoms with Gasteiger partial charge in [0.1, 0.15) is 16.8 Å². The molecule has 11 nitrogen and oxygen atoms in total. The first-order valence-electron chi connectivity index (χ1n) is 22.4. The van der Waals surface area contributed by atoms with Crippen LogP contribution in [0.1, 0.15) is 151 Å². The molecule has 11 heteroatoms. The molecule has 0 aromatic heterocycles. The Labute approximate surface area is 358 Å². The van der Waals surface area contributed by atoms with Crippen LogP contribution in [0.25, 0.3) is 0 Å². The van der Waals surface area contributed by atoms with Crippen molar-refractivity contribution in [1.29, 1.82) is 0 Å². The molecule has 1 aliphatic heterocycles. The zero-order valence-electron chi connectivity index (χ0n) is 37.5. The third-order valence-electron chi connectivity index (χ3n) is 14.7. The van der Waals surface area contributed by atoms with Gasteiger partial charge in [-0.2, -0.15) is 0 Å². The Balaban J connectivity index is 0.000000153. The van der Waals surface area contributed by atoms with E-state index in [0.717, 1.165) is 50.4 Å². The van der Waals surface area contributed by atoms with Gasteiger partial charge in [-0.15, -0.1) is 0 Å². The number of carbonyl (C=O) groups excluding carboxylic acids is 5. The van der Waals surface area contributed by atoms with Gasteiger partial charge in [0.25, 0.3) is 0 Å². The van der Waals surface area contributed by atoms with E-state index in [-0.39, 0.29) is 34.7 Å². The van der Waals surface area contributed by atoms with Crippen LogP contribution in [0.15, 0.2) is 48.6 Å². The minimum Gasteiger partial charge on any atom is -0.463 e. The van der Waals surface area contributed by atoms with Crippen molar-refractivity contribution in [2.75, 3.05) is 6.61 Å². The Kier molecular flexibility index (Phi) is 14.8. The molecule has 60 heavy (non-hydrogen) atoms. The maximum atomic E-state index is 11.8. The fourth-order valence-corrected chi connectivity index (χ4v) is 12.0. The van der Waals surface area contributed by atoms with Gasteiger partial charge in [0.05, 0.1) is 12.2 Å². The molecule has 1 N–H and O–H groups in total. The summed E-state index contributed by atoms with van der Waals surface area (Å²) in [6.07, 6.45) is 16.1. The van der Waals surface area contributed by atoms with Gasteiger partial charge in [-0.3, -0.25) is 0 Å². The van der Waals surface area contributed by atoms with Crippen molar-refractivity contribution in [2.45, 2.75) is 180 Å². The predicted octanol–water partition coefficient (Wildman–Crippen LogP) is 9.01. The van der Waals surface area contributed by atoms with Crippen molar-refractivity contribution in [3.63, 3.8) is 0 Å². The molecular weight excluding hydrogens is 765 g/mol. The van der Waals surface area contributed by atoms with E-state index in [0.29, 0.717) is 65.8 Å². The molecule has 334 valence electrons. The first-order chi connectivity index (χ1) is 28.0. The SMILES string of the molecule is C=C(C)C(=O)OC1(C(C)C)CCCC1.C=C(C)C(=O)OC1(C)C2CC3CC(C2)CC1C3.C=C(C)C(=O)OC12CC3CC(CC(O)(C3)C1)C2.C=C(C)C(=O)OC1CCOC1=O. The number of cyclic esters (lactones) is 1. The van der Waals surface area contributed by atoms with E-state index in [1.54, 1.807) is 20.8 Å². The smallest absolute Gasteiger partial charge is 0.347 e. The average molecular weight is 837 g/mol. The lowest BCUT2D eigenvalue weighted by atomic mass is 9.50. The maximum Gasteiger partial charge on any atom is 0.347 e. The van der Waals surface area contributed by atoms with Crippen LogP contribution < -0.4 is 0 Å². The fourth-order valence-electron chi connectivity index (χ4n) is 12.0. The van der Waals surface area contributed by atoms with Gasteiger partial charge < -0.3 is 28.8 Å². The minimum absolute atomic E-state index is 0.194. The second-order valence-corrected chi connectivity index (χ2v) is 20.4. The second kappa shape index (κ2) is 18.7. The molecule has 1 saturated heterocycles. The van der Waals surface area contributed by atoms with Gasteiger partial charge in [0.15, 0.2) is 0 Å². The molecule has 0 aromatic rings. The molecule has 8 bridgehead atoms. The lowest BCUT2D eigenvalue weighted by Gasteiger charge is -2.59. The Morgan fingerprint density at radius 3 is 1.53 bits per heavy atom. The molecule has 10 fully saturated rings. The summed E-state index contributed by atoms with van der Waals surface area (Å²) in [5.41, 5.74) is 0.382. The van der Waals surface area contributed by atoms with Crippen LogP contribution in [-0.4, -0.2) is 70.1 Å². The standard InChI is InChI=1S/C15H22O2.C14H20O3.C12H20O2.C8H10O4/c1-9(2)14(16)17-15(3)12-5-10-4-11(7-12)8-13(15)6-10;1-9(2)12(15)17-14-6-10-3-11(7-14)5-13(16,4-10)8-14;1-9(2)11(13)14-12(10(3)4)7-5-6-8-12;1-5(2)7(9)12-6-3-4-11-8(6)10/h10-13H,1,4-8H2,2-3H3;10-11,16H,1,3-8H2,2H3;10H,1,5-8H2,2-4H3;6H,1,3-4H2,2H3. The summed E-state index contributed by atoms with van der Waals surface area (Å²) in [5.74, 6) is 2.76. The van der Waals surface area contributed by atoms with Gasteiger partial charge in [-0.05, 0) is 166 Å². The summed E-state index contributed by atoms with van der Waals surface area (Å²) in [4.78, 5) is 56.8. The quantitative estimate of drug-likeness (QED) is 0.135. The molecule has 0 radical (unpaired) electrons. The summed E-state index contributed by atoms with van der Waals surface area (Å²) >= 11 is 0. The van der Waals surface area contributed by atoms with Crippen LogP contribution in [0.4, 0.5) is 0 Å². The highest BCUT2D eigenvalue weighted by atomic mass is 16.6. The van der Waals surface area contributed by atoms with E-state index in [1.165, 1.54) is 58.3 Å². The maximum absolute atomic E-state index is 11.8. The molecule has 1 heterocycles. The number of hydrogen-bond acceptors (Lipinski definition) is 11. The molecule has 3 unspecified atom stereocenters. The predicted molar refractivity (Wildman–Crippen MR) is 227 cm³/mol. The van der Waals surface area contributed by atoms with Crippen molar-refractivity contribution in [3.05, 3.63) is 48.6 Å². The molecule has 3 atom stereocenters. The number of hydrogen-bond donors (Lipinski definition) is 1. The summed E-state index contributed by atoms with van der Waals surface area (Å²) in [6, 6.07) is 0. The second-order valence-electron chi connectivity index (χ2n) is 20.4. The Morgan fingerprint density at radius 2 is 1.12 bits per heavy atom. The van der Waals surface area contributed by atoms with Crippen molar-refractivity contribution < 1.29 is 52.8 Å². The van der Waals surface area contributed by atoms with Gasteiger partial charge in [0, 0.05) is 35.1 Å². The first kappa shape index (κ1) is 47.3. The lowest BCUT2D eigenvalue weighted by Crippen LogP contribution is -2.60. The van der Waals surface area contributed by atoms with E-state index >= 15 is 0 Å². The van der Waals surface area contributed by atoms with E-state index in [4.69, 9.17) is 18.9 Å². The minimum atomic E-state index is -0.728. The zero-order chi connectivity index (χ0) is 44.4. The number of aliphatic hydroxyl groups is 1. The van der Waals surface area contributed by atoms with Crippen molar-refractivity contribution in [2.24, 2.45) is 41.4 Å². The molecule has 0 spiro atoms. The number of carbonyl (C=O) groups is 5. The van der Waals surface area contributed by atoms with Crippen molar-refractivity contribution in [3.8, 4) is 0 Å².